The van der Waals surface area contributed by atoms with Crippen molar-refractivity contribution >= 4 is 27.0 Å². The molecule has 3 rings (SSSR count). The van der Waals surface area contributed by atoms with Crippen molar-refractivity contribution in [2.24, 2.45) is 4.99 Å². The molecule has 0 fully saturated rings. The zero-order valence-corrected chi connectivity index (χ0v) is 20.8. The van der Waals surface area contributed by atoms with Crippen LogP contribution < -0.4 is 4.80 Å². The summed E-state index contributed by atoms with van der Waals surface area (Å²) in [5.41, 5.74) is 2.83. The standard InChI is InChI=1S/C25H33N3O2S2/c1-4-7-8-12-18-28-24(20-31-25(28)26-22-15-10-9-11-16-22)21-14-13-17-23(19-21)32(29,30)27(5-2)6-3/h9-11,13-17,19-20H,4-8,12,18H2,1-3H3. The van der Waals surface area contributed by atoms with Crippen LogP contribution >= 0.6 is 11.3 Å². The summed E-state index contributed by atoms with van der Waals surface area (Å²) < 4.78 is 29.8. The van der Waals surface area contributed by atoms with Gasteiger partial charge in [-0.05, 0) is 30.7 Å². The number of aromatic nitrogens is 1. The fourth-order valence-corrected chi connectivity index (χ4v) is 6.16. The van der Waals surface area contributed by atoms with Crippen LogP contribution in [0.2, 0.25) is 0 Å². The average molecular weight is 472 g/mol. The second-order valence-corrected chi connectivity index (χ2v) is 10.5. The van der Waals surface area contributed by atoms with Crippen LogP contribution in [-0.4, -0.2) is 30.4 Å². The molecule has 32 heavy (non-hydrogen) atoms. The Balaban J connectivity index is 2.05. The first-order chi connectivity index (χ1) is 15.5. The van der Waals surface area contributed by atoms with Gasteiger partial charge in [0.05, 0.1) is 16.3 Å². The second kappa shape index (κ2) is 11.6. The maximum Gasteiger partial charge on any atom is 0.243 e. The van der Waals surface area contributed by atoms with Gasteiger partial charge in [-0.2, -0.15) is 4.31 Å². The molecule has 0 spiro atoms. The summed E-state index contributed by atoms with van der Waals surface area (Å²) in [5, 5.41) is 2.09. The van der Waals surface area contributed by atoms with Gasteiger partial charge in [0.15, 0.2) is 4.80 Å². The molecule has 1 aromatic heterocycles. The van der Waals surface area contributed by atoms with Crippen LogP contribution in [0.3, 0.4) is 0 Å². The summed E-state index contributed by atoms with van der Waals surface area (Å²) in [6, 6.07) is 17.3. The van der Waals surface area contributed by atoms with E-state index < -0.39 is 10.0 Å². The number of benzene rings is 2. The fourth-order valence-electron chi connectivity index (χ4n) is 3.70. The molecule has 0 unspecified atom stereocenters. The van der Waals surface area contributed by atoms with Crippen LogP contribution in [0.5, 0.6) is 0 Å². The van der Waals surface area contributed by atoms with Crippen molar-refractivity contribution in [3.63, 3.8) is 0 Å². The molecular formula is C25H33N3O2S2. The first-order valence-electron chi connectivity index (χ1n) is 11.4. The van der Waals surface area contributed by atoms with Gasteiger partial charge >= 0.3 is 0 Å². The van der Waals surface area contributed by atoms with Crippen LogP contribution in [0, 0.1) is 0 Å². The topological polar surface area (TPSA) is 54.7 Å². The van der Waals surface area contributed by atoms with Gasteiger partial charge in [0.1, 0.15) is 0 Å². The summed E-state index contributed by atoms with van der Waals surface area (Å²) in [4.78, 5) is 6.13. The van der Waals surface area contributed by atoms with Gasteiger partial charge < -0.3 is 4.57 Å². The Bertz CT molecular complexity index is 1160. The molecule has 0 atom stereocenters. The Labute approximate surface area is 196 Å². The average Bonchev–Trinajstić information content (AvgIpc) is 3.20. The lowest BCUT2D eigenvalue weighted by Gasteiger charge is -2.19. The summed E-state index contributed by atoms with van der Waals surface area (Å²) in [7, 11) is -3.51. The Morgan fingerprint density at radius 1 is 0.938 bits per heavy atom. The Kier molecular flexibility index (Phi) is 8.84. The van der Waals surface area contributed by atoms with Gasteiger partial charge in [0.25, 0.3) is 0 Å². The monoisotopic (exact) mass is 471 g/mol. The van der Waals surface area contributed by atoms with Gasteiger partial charge in [-0.25, -0.2) is 13.4 Å². The van der Waals surface area contributed by atoms with Crippen LogP contribution in [0.15, 0.2) is 69.9 Å². The van der Waals surface area contributed by atoms with Crippen molar-refractivity contribution in [3.05, 3.63) is 64.8 Å². The smallest absolute Gasteiger partial charge is 0.243 e. The number of hydrogen-bond donors (Lipinski definition) is 0. The van der Waals surface area contributed by atoms with Gasteiger partial charge in [-0.3, -0.25) is 0 Å². The van der Waals surface area contributed by atoms with E-state index in [1.165, 1.54) is 23.6 Å². The highest BCUT2D eigenvalue weighted by Gasteiger charge is 2.22. The van der Waals surface area contributed by atoms with Crippen molar-refractivity contribution in [1.82, 2.24) is 8.87 Å². The minimum atomic E-state index is -3.51. The largest absolute Gasteiger partial charge is 0.316 e. The third-order valence-corrected chi connectivity index (χ3v) is 8.40. The summed E-state index contributed by atoms with van der Waals surface area (Å²) in [6.07, 6.45) is 4.63. The number of unbranched alkanes of at least 4 members (excludes halogenated alkanes) is 3. The number of thiazole rings is 1. The highest BCUT2D eigenvalue weighted by atomic mass is 32.2. The van der Waals surface area contributed by atoms with Crippen molar-refractivity contribution in [2.75, 3.05) is 13.1 Å². The zero-order chi connectivity index (χ0) is 23.0. The van der Waals surface area contributed by atoms with E-state index in [0.29, 0.717) is 18.0 Å². The molecule has 5 nitrogen and oxygen atoms in total. The van der Waals surface area contributed by atoms with E-state index in [1.807, 2.05) is 56.3 Å². The molecule has 0 bridgehead atoms. The predicted molar refractivity (Wildman–Crippen MR) is 134 cm³/mol. The lowest BCUT2D eigenvalue weighted by molar-refractivity contribution is 0.445. The van der Waals surface area contributed by atoms with E-state index in [-0.39, 0.29) is 0 Å². The van der Waals surface area contributed by atoms with Crippen molar-refractivity contribution in [1.29, 1.82) is 0 Å². The number of nitrogens with zero attached hydrogens (tertiary/aromatic N) is 3. The van der Waals surface area contributed by atoms with E-state index in [4.69, 9.17) is 4.99 Å². The lowest BCUT2D eigenvalue weighted by Crippen LogP contribution is -2.30. The Morgan fingerprint density at radius 2 is 1.69 bits per heavy atom. The summed E-state index contributed by atoms with van der Waals surface area (Å²) >= 11 is 1.59. The quantitative estimate of drug-likeness (QED) is 0.319. The molecule has 0 saturated carbocycles. The number of rotatable bonds is 11. The van der Waals surface area contributed by atoms with E-state index in [0.717, 1.165) is 34.7 Å². The maximum absolute atomic E-state index is 13.1. The second-order valence-electron chi connectivity index (χ2n) is 7.68. The molecule has 3 aromatic rings. The van der Waals surface area contributed by atoms with Gasteiger partial charge in [-0.1, -0.05) is 70.4 Å². The maximum atomic E-state index is 13.1. The summed E-state index contributed by atoms with van der Waals surface area (Å²) in [6.45, 7) is 7.72. The first kappa shape index (κ1) is 24.4. The molecule has 0 amide bonds. The minimum absolute atomic E-state index is 0.337. The van der Waals surface area contributed by atoms with E-state index in [1.54, 1.807) is 23.5 Å². The van der Waals surface area contributed by atoms with Crippen molar-refractivity contribution in [3.8, 4) is 11.3 Å². The number of para-hydroxylation sites is 1. The third-order valence-electron chi connectivity index (χ3n) is 5.49. The predicted octanol–water partition coefficient (Wildman–Crippen LogP) is 6.06. The molecule has 2 aromatic carbocycles. The number of sulfonamides is 1. The minimum Gasteiger partial charge on any atom is -0.316 e. The lowest BCUT2D eigenvalue weighted by atomic mass is 10.1. The van der Waals surface area contributed by atoms with Crippen LogP contribution in [0.25, 0.3) is 11.3 Å². The van der Waals surface area contributed by atoms with E-state index in [9.17, 15) is 8.42 Å². The van der Waals surface area contributed by atoms with Crippen LogP contribution in [0.4, 0.5) is 5.69 Å². The molecule has 172 valence electrons. The molecule has 0 N–H and O–H groups in total. The van der Waals surface area contributed by atoms with Gasteiger partial charge in [0.2, 0.25) is 10.0 Å². The van der Waals surface area contributed by atoms with E-state index in [2.05, 4.69) is 16.9 Å². The Morgan fingerprint density at radius 3 is 2.38 bits per heavy atom. The highest BCUT2D eigenvalue weighted by Crippen LogP contribution is 2.26. The van der Waals surface area contributed by atoms with Gasteiger partial charge in [-0.15, -0.1) is 11.3 Å². The van der Waals surface area contributed by atoms with Crippen molar-refractivity contribution in [2.45, 2.75) is 57.9 Å². The summed E-state index contributed by atoms with van der Waals surface area (Å²) in [5.74, 6) is 0. The van der Waals surface area contributed by atoms with Crippen LogP contribution in [0.1, 0.15) is 46.5 Å². The van der Waals surface area contributed by atoms with E-state index >= 15 is 0 Å². The highest BCUT2D eigenvalue weighted by molar-refractivity contribution is 7.89. The molecule has 0 saturated heterocycles. The first-order valence-corrected chi connectivity index (χ1v) is 13.7. The van der Waals surface area contributed by atoms with Crippen LogP contribution in [-0.2, 0) is 16.6 Å². The molecule has 0 aliphatic rings. The SMILES string of the molecule is CCCCCCn1c(-c2cccc(S(=O)(=O)N(CC)CC)c2)csc1=Nc1ccccc1. The molecule has 7 heteroatoms. The number of hydrogen-bond acceptors (Lipinski definition) is 4. The third kappa shape index (κ3) is 5.77. The molecule has 1 heterocycles. The molecule has 0 radical (unpaired) electrons. The zero-order valence-electron chi connectivity index (χ0n) is 19.2. The fraction of sp³-hybridized carbons (Fsp3) is 0.400. The Hall–Kier alpha value is -2.22. The van der Waals surface area contributed by atoms with Gasteiger partial charge in [0, 0.05) is 30.6 Å². The normalized spacial score (nSPS) is 12.6. The molecule has 0 aliphatic carbocycles. The molecule has 0 aliphatic heterocycles. The van der Waals surface area contributed by atoms with Crippen molar-refractivity contribution < 1.29 is 8.42 Å². The molecular weight excluding hydrogens is 438 g/mol.